The number of ether oxygens (including phenoxy) is 3. The van der Waals surface area contributed by atoms with Crippen LogP contribution in [0.15, 0.2) is 30.3 Å². The van der Waals surface area contributed by atoms with Crippen molar-refractivity contribution in [3.63, 3.8) is 0 Å². The zero-order chi connectivity index (χ0) is 22.2. The lowest BCUT2D eigenvalue weighted by Crippen LogP contribution is -2.54. The fourth-order valence-electron chi connectivity index (χ4n) is 2.33. The Bertz CT molecular complexity index is 730. The molecule has 2 unspecified atom stereocenters. The first-order valence-electron chi connectivity index (χ1n) is 8.89. The highest BCUT2D eigenvalue weighted by Gasteiger charge is 2.42. The molecule has 0 spiro atoms. The predicted molar refractivity (Wildman–Crippen MR) is 109 cm³/mol. The number of imide groups is 1. The number of amides is 2. The highest BCUT2D eigenvalue weighted by atomic mass is 32.2. The molecule has 29 heavy (non-hydrogen) atoms. The summed E-state index contributed by atoms with van der Waals surface area (Å²) < 4.78 is 14.8. The van der Waals surface area contributed by atoms with Crippen LogP contribution in [0.5, 0.6) is 0 Å². The van der Waals surface area contributed by atoms with Gasteiger partial charge in [-0.1, -0.05) is 25.1 Å². The summed E-state index contributed by atoms with van der Waals surface area (Å²) in [7, 11) is 2.41. The van der Waals surface area contributed by atoms with Crippen molar-refractivity contribution in [2.75, 3.05) is 20.0 Å². The van der Waals surface area contributed by atoms with Crippen LogP contribution in [0.1, 0.15) is 38.1 Å². The number of hydrogen-bond donors (Lipinski definition) is 0. The van der Waals surface area contributed by atoms with Gasteiger partial charge < -0.3 is 14.2 Å². The third-order valence-electron chi connectivity index (χ3n) is 3.69. The van der Waals surface area contributed by atoms with E-state index in [1.165, 1.54) is 19.2 Å². The van der Waals surface area contributed by atoms with Crippen LogP contribution >= 0.6 is 11.8 Å². The number of thioether (sulfide) groups is 1. The summed E-state index contributed by atoms with van der Waals surface area (Å²) in [5, 5.41) is -0.665. The van der Waals surface area contributed by atoms with Gasteiger partial charge in [-0.2, -0.15) is 0 Å². The molecule has 0 aliphatic heterocycles. The maximum atomic E-state index is 13.1. The van der Waals surface area contributed by atoms with Gasteiger partial charge in [0.05, 0.1) is 20.0 Å². The normalized spacial score (nSPS) is 13.0. The summed E-state index contributed by atoms with van der Waals surface area (Å²) in [5.74, 6) is -2.07. The molecule has 0 saturated heterocycles. The highest BCUT2D eigenvalue weighted by Crippen LogP contribution is 2.24. The molecule has 0 aliphatic carbocycles. The van der Waals surface area contributed by atoms with Gasteiger partial charge >= 0.3 is 18.0 Å². The molecule has 0 radical (unpaired) electrons. The molecular weight excluding hydrogens is 398 g/mol. The van der Waals surface area contributed by atoms with E-state index in [4.69, 9.17) is 9.47 Å². The van der Waals surface area contributed by atoms with Crippen LogP contribution in [-0.2, 0) is 23.8 Å². The van der Waals surface area contributed by atoms with Crippen LogP contribution in [0.3, 0.4) is 0 Å². The Kier molecular flexibility index (Phi) is 9.16. The molecule has 0 aromatic heterocycles. The van der Waals surface area contributed by atoms with E-state index < -0.39 is 40.8 Å². The van der Waals surface area contributed by atoms with E-state index >= 15 is 0 Å². The smallest absolute Gasteiger partial charge is 0.418 e. The molecular formula is C20H27NO7S. The van der Waals surface area contributed by atoms with Crippen molar-refractivity contribution < 1.29 is 33.4 Å². The number of nitrogens with zero attached hydrogens (tertiary/aromatic N) is 1. The summed E-state index contributed by atoms with van der Waals surface area (Å²) >= 11 is 1.06. The Morgan fingerprint density at radius 2 is 1.62 bits per heavy atom. The zero-order valence-electron chi connectivity index (χ0n) is 17.5. The average molecular weight is 426 g/mol. The molecule has 0 aliphatic rings. The molecule has 0 fully saturated rings. The maximum absolute atomic E-state index is 13.1. The molecule has 160 valence electrons. The van der Waals surface area contributed by atoms with Crippen LogP contribution < -0.4 is 0 Å². The van der Waals surface area contributed by atoms with Crippen LogP contribution in [0.4, 0.5) is 4.79 Å². The standard InChI is InChI=1S/C20H27NO7S/c1-13(29-12-15(22)26-5)16(18(24)27-6)21(19(25)28-20(2,3)4)17(23)14-10-8-7-9-11-14/h7-11,13,16H,12H2,1-6H3. The molecule has 2 atom stereocenters. The van der Waals surface area contributed by atoms with Crippen LogP contribution in [0.25, 0.3) is 0 Å². The van der Waals surface area contributed by atoms with Gasteiger partial charge in [-0.3, -0.25) is 9.59 Å². The third kappa shape index (κ3) is 7.41. The van der Waals surface area contributed by atoms with Crippen LogP contribution in [0.2, 0.25) is 0 Å². The number of hydrogen-bond acceptors (Lipinski definition) is 8. The Labute approximate surface area is 174 Å². The van der Waals surface area contributed by atoms with Crippen molar-refractivity contribution in [3.8, 4) is 0 Å². The second kappa shape index (κ2) is 10.8. The quantitative estimate of drug-likeness (QED) is 0.486. The first-order valence-corrected chi connectivity index (χ1v) is 9.94. The van der Waals surface area contributed by atoms with Gasteiger partial charge in [0.15, 0.2) is 6.04 Å². The summed E-state index contributed by atoms with van der Waals surface area (Å²) in [6, 6.07) is 6.76. The van der Waals surface area contributed by atoms with E-state index in [-0.39, 0.29) is 11.3 Å². The van der Waals surface area contributed by atoms with Gasteiger partial charge in [-0.15, -0.1) is 11.8 Å². The summed E-state index contributed by atoms with van der Waals surface area (Å²) in [6.07, 6.45) is -0.979. The van der Waals surface area contributed by atoms with E-state index in [2.05, 4.69) is 4.74 Å². The Balaban J connectivity index is 3.34. The molecule has 1 aromatic rings. The van der Waals surface area contributed by atoms with Crippen LogP contribution in [-0.4, -0.2) is 65.7 Å². The minimum absolute atomic E-state index is 0.0627. The molecule has 1 aromatic carbocycles. The van der Waals surface area contributed by atoms with Crippen molar-refractivity contribution in [2.24, 2.45) is 0 Å². The first kappa shape index (κ1) is 24.5. The third-order valence-corrected chi connectivity index (χ3v) is 4.87. The van der Waals surface area contributed by atoms with Crippen molar-refractivity contribution in [3.05, 3.63) is 35.9 Å². The highest BCUT2D eigenvalue weighted by molar-refractivity contribution is 8.00. The number of carbonyl (C=O) groups excluding carboxylic acids is 4. The molecule has 0 heterocycles. The first-order chi connectivity index (χ1) is 13.5. The number of methoxy groups -OCH3 is 2. The van der Waals surface area contributed by atoms with E-state index in [1.54, 1.807) is 45.9 Å². The van der Waals surface area contributed by atoms with Gasteiger partial charge in [-0.05, 0) is 32.9 Å². The SMILES string of the molecule is COC(=O)CSC(C)C(C(=O)OC)N(C(=O)OC(C)(C)C)C(=O)c1ccccc1. The monoisotopic (exact) mass is 425 g/mol. The second-order valence-corrected chi connectivity index (χ2v) is 8.45. The summed E-state index contributed by atoms with van der Waals surface area (Å²) in [5.41, 5.74) is -0.688. The van der Waals surface area contributed by atoms with Crippen molar-refractivity contribution in [1.82, 2.24) is 4.90 Å². The lowest BCUT2D eigenvalue weighted by Gasteiger charge is -2.33. The molecule has 9 heteroatoms. The van der Waals surface area contributed by atoms with Gasteiger partial charge in [-0.25, -0.2) is 14.5 Å². The van der Waals surface area contributed by atoms with Gasteiger partial charge in [0, 0.05) is 10.8 Å². The largest absolute Gasteiger partial charge is 0.468 e. The van der Waals surface area contributed by atoms with Gasteiger partial charge in [0.25, 0.3) is 5.91 Å². The number of rotatable bonds is 7. The molecule has 2 amide bonds. The lowest BCUT2D eigenvalue weighted by atomic mass is 10.1. The Morgan fingerprint density at radius 3 is 2.10 bits per heavy atom. The van der Waals surface area contributed by atoms with Gasteiger partial charge in [0.1, 0.15) is 5.60 Å². The van der Waals surface area contributed by atoms with Crippen LogP contribution in [0, 0.1) is 0 Å². The minimum atomic E-state index is -1.31. The topological polar surface area (TPSA) is 99.2 Å². The Morgan fingerprint density at radius 1 is 1.03 bits per heavy atom. The minimum Gasteiger partial charge on any atom is -0.468 e. The van der Waals surface area contributed by atoms with Crippen molar-refractivity contribution >= 4 is 35.7 Å². The zero-order valence-corrected chi connectivity index (χ0v) is 18.3. The second-order valence-electron chi connectivity index (χ2n) is 7.08. The lowest BCUT2D eigenvalue weighted by molar-refractivity contribution is -0.146. The molecule has 1 rings (SSSR count). The summed E-state index contributed by atoms with van der Waals surface area (Å²) in [4.78, 5) is 50.9. The Hall–Kier alpha value is -2.55. The number of carbonyl (C=O) groups is 4. The van der Waals surface area contributed by atoms with E-state index in [0.29, 0.717) is 0 Å². The van der Waals surface area contributed by atoms with Crippen molar-refractivity contribution in [1.29, 1.82) is 0 Å². The van der Waals surface area contributed by atoms with Crippen molar-refractivity contribution in [2.45, 2.75) is 44.6 Å². The molecule has 0 N–H and O–H groups in total. The van der Waals surface area contributed by atoms with E-state index in [9.17, 15) is 19.2 Å². The molecule has 0 bridgehead atoms. The van der Waals surface area contributed by atoms with Gasteiger partial charge in [0.2, 0.25) is 0 Å². The van der Waals surface area contributed by atoms with E-state index in [0.717, 1.165) is 23.8 Å². The molecule has 0 saturated carbocycles. The maximum Gasteiger partial charge on any atom is 0.418 e. The fraction of sp³-hybridized carbons (Fsp3) is 0.500. The number of benzene rings is 1. The summed E-state index contributed by atoms with van der Waals surface area (Å²) in [6.45, 7) is 6.57. The predicted octanol–water partition coefficient (Wildman–Crippen LogP) is 2.90. The number of esters is 2. The average Bonchev–Trinajstić information content (AvgIpc) is 2.67. The van der Waals surface area contributed by atoms with E-state index in [1.807, 2.05) is 0 Å². The molecule has 8 nitrogen and oxygen atoms in total. The fourth-order valence-corrected chi connectivity index (χ4v) is 3.26.